The number of para-hydroxylation sites is 1. The highest BCUT2D eigenvalue weighted by molar-refractivity contribution is 5.90. The van der Waals surface area contributed by atoms with Crippen molar-refractivity contribution in [1.82, 2.24) is 0 Å². The molecule has 0 aliphatic carbocycles. The largest absolute Gasteiger partial charge is 0.462 e. The van der Waals surface area contributed by atoms with Crippen molar-refractivity contribution >= 4 is 23.7 Å². The molecule has 0 bridgehead atoms. The molecule has 4 nitrogen and oxygen atoms in total. The molecule has 0 saturated heterocycles. The van der Waals surface area contributed by atoms with Gasteiger partial charge in [-0.2, -0.15) is 0 Å². The Morgan fingerprint density at radius 2 is 1.73 bits per heavy atom. The first-order valence-corrected chi connectivity index (χ1v) is 9.37. The molecule has 0 unspecified atom stereocenters. The van der Waals surface area contributed by atoms with Crippen molar-refractivity contribution in [1.29, 1.82) is 0 Å². The summed E-state index contributed by atoms with van der Waals surface area (Å²) in [7, 11) is 0. The van der Waals surface area contributed by atoms with Crippen LogP contribution in [0.4, 0.5) is 11.4 Å². The number of hydrogen-bond acceptors (Lipinski definition) is 3. The highest BCUT2D eigenvalue weighted by atomic mass is 16.5. The Labute approximate surface area is 156 Å². The number of nitrogens with zero attached hydrogens (tertiary/aromatic N) is 2. The minimum absolute atomic E-state index is 0.301. The molecule has 0 heterocycles. The molecular formula is C22H28N2O2. The third-order valence-corrected chi connectivity index (χ3v) is 4.07. The average molecular weight is 352 g/mol. The number of benzene rings is 2. The highest BCUT2D eigenvalue weighted by Gasteiger charge is 2.06. The lowest BCUT2D eigenvalue weighted by Crippen LogP contribution is -2.22. The predicted octanol–water partition coefficient (Wildman–Crippen LogP) is 5.61. The minimum Gasteiger partial charge on any atom is -0.462 e. The van der Waals surface area contributed by atoms with Crippen LogP contribution in [-0.2, 0) is 4.74 Å². The van der Waals surface area contributed by atoms with Crippen LogP contribution in [0.5, 0.6) is 0 Å². The number of aliphatic imine (C=N–C) groups is 1. The van der Waals surface area contributed by atoms with Gasteiger partial charge >= 0.3 is 5.97 Å². The van der Waals surface area contributed by atoms with Gasteiger partial charge in [0.25, 0.3) is 0 Å². The van der Waals surface area contributed by atoms with E-state index in [0.717, 1.165) is 24.3 Å². The van der Waals surface area contributed by atoms with E-state index in [4.69, 9.17) is 4.74 Å². The van der Waals surface area contributed by atoms with Gasteiger partial charge in [0.2, 0.25) is 0 Å². The second kappa shape index (κ2) is 11.1. The molecule has 2 aromatic carbocycles. The van der Waals surface area contributed by atoms with Crippen LogP contribution in [0.25, 0.3) is 0 Å². The number of hydrogen-bond donors (Lipinski definition) is 0. The van der Waals surface area contributed by atoms with Crippen LogP contribution in [0.3, 0.4) is 0 Å². The van der Waals surface area contributed by atoms with Gasteiger partial charge in [-0.15, -0.1) is 0 Å². The van der Waals surface area contributed by atoms with Crippen LogP contribution in [0, 0.1) is 0 Å². The maximum atomic E-state index is 11.7. The summed E-state index contributed by atoms with van der Waals surface area (Å²) in [5, 5.41) is 0. The quantitative estimate of drug-likeness (QED) is 0.241. The van der Waals surface area contributed by atoms with Crippen molar-refractivity contribution in [3.8, 4) is 0 Å². The number of rotatable bonds is 10. The zero-order chi connectivity index (χ0) is 18.6. The number of unbranched alkanes of at least 4 members (excludes halogenated alkanes) is 3. The molecule has 0 N–H and O–H groups in total. The molecule has 0 aromatic heterocycles. The summed E-state index contributed by atoms with van der Waals surface area (Å²) >= 11 is 0. The predicted molar refractivity (Wildman–Crippen MR) is 108 cm³/mol. The fraction of sp³-hybridized carbons (Fsp3) is 0.364. The second-order valence-electron chi connectivity index (χ2n) is 6.10. The van der Waals surface area contributed by atoms with E-state index >= 15 is 0 Å². The molecule has 2 aromatic rings. The molecule has 0 aliphatic rings. The fourth-order valence-electron chi connectivity index (χ4n) is 2.62. The molecule has 0 atom stereocenters. The summed E-state index contributed by atoms with van der Waals surface area (Å²) in [4.78, 5) is 18.5. The van der Waals surface area contributed by atoms with Gasteiger partial charge in [-0.05, 0) is 49.7 Å². The van der Waals surface area contributed by atoms with E-state index < -0.39 is 0 Å². The molecule has 0 amide bonds. The van der Waals surface area contributed by atoms with E-state index in [1.54, 1.807) is 19.1 Å². The van der Waals surface area contributed by atoms with Crippen LogP contribution in [0.1, 0.15) is 49.9 Å². The second-order valence-corrected chi connectivity index (χ2v) is 6.10. The molecule has 0 saturated carbocycles. The Balaban J connectivity index is 2.05. The number of carbonyl (C=O) groups is 1. The molecule has 0 radical (unpaired) electrons. The Kier molecular flexibility index (Phi) is 8.40. The van der Waals surface area contributed by atoms with E-state index in [0.29, 0.717) is 12.2 Å². The van der Waals surface area contributed by atoms with Crippen LogP contribution in [0.15, 0.2) is 59.6 Å². The van der Waals surface area contributed by atoms with Gasteiger partial charge in [-0.1, -0.05) is 44.4 Å². The van der Waals surface area contributed by atoms with Crippen molar-refractivity contribution in [2.45, 2.75) is 39.5 Å². The molecular weight excluding hydrogens is 324 g/mol. The first-order valence-electron chi connectivity index (χ1n) is 9.37. The zero-order valence-corrected chi connectivity index (χ0v) is 15.7. The van der Waals surface area contributed by atoms with Gasteiger partial charge < -0.3 is 9.64 Å². The standard InChI is InChI=1S/C22H28N2O2/c1-3-5-6-10-17-24(21-11-8-7-9-12-21)18-23-20-15-13-19(14-16-20)22(25)26-4-2/h7-9,11-16,18H,3-6,10,17H2,1-2H3. The highest BCUT2D eigenvalue weighted by Crippen LogP contribution is 2.17. The monoisotopic (exact) mass is 352 g/mol. The van der Waals surface area contributed by atoms with Crippen molar-refractivity contribution in [2.24, 2.45) is 4.99 Å². The summed E-state index contributed by atoms with van der Waals surface area (Å²) in [6.45, 7) is 5.34. The molecule has 0 aliphatic heterocycles. The normalized spacial score (nSPS) is 10.8. The number of ether oxygens (including phenoxy) is 1. The number of carbonyl (C=O) groups excluding carboxylic acids is 1. The third kappa shape index (κ3) is 6.36. The van der Waals surface area contributed by atoms with E-state index in [1.165, 1.54) is 19.3 Å². The lowest BCUT2D eigenvalue weighted by Gasteiger charge is -2.19. The molecule has 0 fully saturated rings. The Hall–Kier alpha value is -2.62. The average Bonchev–Trinajstić information content (AvgIpc) is 2.69. The zero-order valence-electron chi connectivity index (χ0n) is 15.7. The summed E-state index contributed by atoms with van der Waals surface area (Å²) in [6, 6.07) is 17.5. The smallest absolute Gasteiger partial charge is 0.338 e. The van der Waals surface area contributed by atoms with Gasteiger partial charge in [0, 0.05) is 12.2 Å². The van der Waals surface area contributed by atoms with Crippen molar-refractivity contribution in [3.63, 3.8) is 0 Å². The first kappa shape index (κ1) is 19.7. The third-order valence-electron chi connectivity index (χ3n) is 4.07. The van der Waals surface area contributed by atoms with Crippen molar-refractivity contribution < 1.29 is 9.53 Å². The maximum Gasteiger partial charge on any atom is 0.338 e. The molecule has 4 heteroatoms. The van der Waals surface area contributed by atoms with E-state index in [9.17, 15) is 4.79 Å². The summed E-state index contributed by atoms with van der Waals surface area (Å²) in [5.41, 5.74) is 2.49. The van der Waals surface area contributed by atoms with E-state index in [-0.39, 0.29) is 5.97 Å². The van der Waals surface area contributed by atoms with Gasteiger partial charge in [-0.3, -0.25) is 0 Å². The summed E-state index contributed by atoms with van der Waals surface area (Å²) < 4.78 is 5.00. The van der Waals surface area contributed by atoms with Gasteiger partial charge in [0.15, 0.2) is 0 Å². The molecule has 2 rings (SSSR count). The Morgan fingerprint density at radius 1 is 1.00 bits per heavy atom. The van der Waals surface area contributed by atoms with Gasteiger partial charge in [0.05, 0.1) is 24.2 Å². The topological polar surface area (TPSA) is 41.9 Å². The van der Waals surface area contributed by atoms with E-state index in [2.05, 4.69) is 28.9 Å². The summed E-state index contributed by atoms with van der Waals surface area (Å²) in [5.74, 6) is -0.301. The first-order chi connectivity index (χ1) is 12.7. The van der Waals surface area contributed by atoms with Gasteiger partial charge in [0.1, 0.15) is 0 Å². The summed E-state index contributed by atoms with van der Waals surface area (Å²) in [6.07, 6.45) is 6.72. The van der Waals surface area contributed by atoms with Crippen LogP contribution < -0.4 is 4.90 Å². The van der Waals surface area contributed by atoms with Gasteiger partial charge in [-0.25, -0.2) is 9.79 Å². The lowest BCUT2D eigenvalue weighted by molar-refractivity contribution is 0.0526. The number of esters is 1. The SMILES string of the molecule is CCCCCCN(C=Nc1ccc(C(=O)OCC)cc1)c1ccccc1. The minimum atomic E-state index is -0.301. The van der Waals surface area contributed by atoms with Crippen LogP contribution >= 0.6 is 0 Å². The van der Waals surface area contributed by atoms with Crippen LogP contribution in [-0.4, -0.2) is 25.5 Å². The lowest BCUT2D eigenvalue weighted by atomic mass is 10.2. The van der Waals surface area contributed by atoms with Crippen molar-refractivity contribution in [2.75, 3.05) is 18.1 Å². The Morgan fingerprint density at radius 3 is 2.38 bits per heavy atom. The molecule has 138 valence electrons. The van der Waals surface area contributed by atoms with E-state index in [1.807, 2.05) is 36.7 Å². The van der Waals surface area contributed by atoms with Crippen LogP contribution in [0.2, 0.25) is 0 Å². The van der Waals surface area contributed by atoms with Crippen molar-refractivity contribution in [3.05, 3.63) is 60.2 Å². The molecule has 0 spiro atoms. The molecule has 26 heavy (non-hydrogen) atoms. The number of anilines is 1. The fourth-order valence-corrected chi connectivity index (χ4v) is 2.62. The maximum absolute atomic E-state index is 11.7. The Bertz CT molecular complexity index is 681.